The molecule has 0 radical (unpaired) electrons. The van der Waals surface area contributed by atoms with Crippen LogP contribution in [-0.4, -0.2) is 11.7 Å². The zero-order chi connectivity index (χ0) is 6.57. The maximum absolute atomic E-state index is 8.45. The van der Waals surface area contributed by atoms with Crippen molar-refractivity contribution in [1.29, 1.82) is 0 Å². The van der Waals surface area contributed by atoms with Gasteiger partial charge in [0.2, 0.25) is 0 Å². The van der Waals surface area contributed by atoms with Crippen molar-refractivity contribution in [3.63, 3.8) is 0 Å². The molecule has 8 heavy (non-hydrogen) atoms. The molecule has 0 bridgehead atoms. The van der Waals surface area contributed by atoms with E-state index in [-0.39, 0.29) is 6.61 Å². The molecule has 1 heteroatoms. The predicted octanol–water partition coefficient (Wildman–Crippen LogP) is 1.40. The van der Waals surface area contributed by atoms with Crippen molar-refractivity contribution in [2.75, 3.05) is 6.61 Å². The van der Waals surface area contributed by atoms with Crippen LogP contribution in [0, 0.1) is 12.3 Å². The van der Waals surface area contributed by atoms with Crippen molar-refractivity contribution < 1.29 is 5.11 Å². The lowest BCUT2D eigenvalue weighted by Gasteiger charge is -1.94. The number of hydrogen-bond donors (Lipinski definition) is 1. The fraction of sp³-hybridized carbons (Fsp3) is 0.571. The molecule has 0 aliphatic carbocycles. The number of hydrogen-bond acceptors (Lipinski definition) is 1. The summed E-state index contributed by atoms with van der Waals surface area (Å²) in [6, 6.07) is 0. The van der Waals surface area contributed by atoms with Crippen molar-refractivity contribution in [2.24, 2.45) is 5.92 Å². The van der Waals surface area contributed by atoms with Crippen LogP contribution in [0.4, 0.5) is 0 Å². The molecule has 0 aliphatic rings. The average Bonchev–Trinajstić information content (AvgIpc) is 1.65. The highest BCUT2D eigenvalue weighted by atomic mass is 16.3. The summed E-state index contributed by atoms with van der Waals surface area (Å²) in [5.41, 5.74) is 0.806. The van der Waals surface area contributed by atoms with Crippen LogP contribution in [0.15, 0.2) is 12.2 Å². The first-order valence-electron chi connectivity index (χ1n) is 2.80. The van der Waals surface area contributed by atoms with Crippen molar-refractivity contribution >= 4 is 0 Å². The third-order valence-electron chi connectivity index (χ3n) is 0.772. The molecule has 0 amide bonds. The first kappa shape index (κ1) is 7.57. The van der Waals surface area contributed by atoms with E-state index >= 15 is 0 Å². The quantitative estimate of drug-likeness (QED) is 0.548. The zero-order valence-electron chi connectivity index (χ0n) is 5.52. The molecule has 0 unspecified atom stereocenters. The highest BCUT2D eigenvalue weighted by molar-refractivity contribution is 5.08. The second kappa shape index (κ2) is 3.56. The van der Waals surface area contributed by atoms with Gasteiger partial charge in [-0.05, 0) is 13.8 Å². The first-order chi connectivity index (χ1) is 3.66. The summed E-state index contributed by atoms with van der Waals surface area (Å²) < 4.78 is 0. The Kier molecular flexibility index (Phi) is 3.37. The Morgan fingerprint density at radius 2 is 2.25 bits per heavy atom. The van der Waals surface area contributed by atoms with E-state index in [0.29, 0.717) is 5.92 Å². The van der Waals surface area contributed by atoms with E-state index in [1.54, 1.807) is 0 Å². The standard InChI is InChI=1S/C7H13O/c1-6(2)4-7(3)5-8/h4,6,8H,3,5H2,1-2H3/q+1. The number of aliphatic hydroxyl groups is 1. The molecule has 0 heterocycles. The molecule has 0 aromatic carbocycles. The van der Waals surface area contributed by atoms with E-state index in [9.17, 15) is 0 Å². The van der Waals surface area contributed by atoms with Gasteiger partial charge in [0.25, 0.3) is 0 Å². The van der Waals surface area contributed by atoms with Gasteiger partial charge >= 0.3 is 0 Å². The molecule has 0 spiro atoms. The highest BCUT2D eigenvalue weighted by Crippen LogP contribution is 2.04. The van der Waals surface area contributed by atoms with Crippen molar-refractivity contribution in [2.45, 2.75) is 13.8 Å². The Labute approximate surface area is 51.0 Å². The summed E-state index contributed by atoms with van der Waals surface area (Å²) in [6.45, 7) is 7.80. The molecule has 0 saturated heterocycles. The number of rotatable bonds is 3. The van der Waals surface area contributed by atoms with Crippen LogP contribution in [0.2, 0.25) is 0 Å². The van der Waals surface area contributed by atoms with Crippen LogP contribution in [0.5, 0.6) is 0 Å². The molecule has 0 aromatic heterocycles. The van der Waals surface area contributed by atoms with Gasteiger partial charge in [0.15, 0.2) is 0 Å². The summed E-state index contributed by atoms with van der Waals surface area (Å²) in [5, 5.41) is 8.45. The second-order valence-corrected chi connectivity index (χ2v) is 2.23. The lowest BCUT2D eigenvalue weighted by Crippen LogP contribution is -1.94. The Balaban J connectivity index is 3.25. The van der Waals surface area contributed by atoms with E-state index in [1.807, 2.05) is 6.42 Å². The summed E-state index contributed by atoms with van der Waals surface area (Å²) in [4.78, 5) is 0. The molecule has 1 N–H and O–H groups in total. The molecule has 0 saturated carbocycles. The van der Waals surface area contributed by atoms with Crippen molar-refractivity contribution in [1.82, 2.24) is 0 Å². The Morgan fingerprint density at radius 1 is 1.75 bits per heavy atom. The third kappa shape index (κ3) is 3.75. The van der Waals surface area contributed by atoms with Gasteiger partial charge in [-0.3, -0.25) is 0 Å². The van der Waals surface area contributed by atoms with Crippen LogP contribution in [0.1, 0.15) is 13.8 Å². The minimum atomic E-state index is 0.0815. The fourth-order valence-corrected chi connectivity index (χ4v) is 0.524. The fourth-order valence-electron chi connectivity index (χ4n) is 0.524. The summed E-state index contributed by atoms with van der Waals surface area (Å²) in [5.74, 6) is 0.495. The molecular weight excluding hydrogens is 100 g/mol. The monoisotopic (exact) mass is 113 g/mol. The zero-order valence-corrected chi connectivity index (χ0v) is 5.52. The van der Waals surface area contributed by atoms with Gasteiger partial charge in [-0.15, -0.1) is 0 Å². The van der Waals surface area contributed by atoms with Gasteiger partial charge in [0, 0.05) is 18.9 Å². The van der Waals surface area contributed by atoms with Crippen LogP contribution < -0.4 is 0 Å². The van der Waals surface area contributed by atoms with Gasteiger partial charge in [-0.2, -0.15) is 0 Å². The maximum atomic E-state index is 8.45. The summed E-state index contributed by atoms with van der Waals surface area (Å²) in [7, 11) is 0. The molecule has 1 nitrogen and oxygen atoms in total. The smallest absolute Gasteiger partial charge is 0.125 e. The van der Waals surface area contributed by atoms with Crippen LogP contribution in [0.25, 0.3) is 0 Å². The van der Waals surface area contributed by atoms with E-state index in [1.165, 1.54) is 0 Å². The van der Waals surface area contributed by atoms with Gasteiger partial charge in [0.1, 0.15) is 12.2 Å². The van der Waals surface area contributed by atoms with Crippen LogP contribution >= 0.6 is 0 Å². The lowest BCUT2D eigenvalue weighted by molar-refractivity contribution is 0.331. The molecule has 0 aliphatic heterocycles. The molecule has 0 atom stereocenters. The molecule has 0 fully saturated rings. The topological polar surface area (TPSA) is 20.2 Å². The summed E-state index contributed by atoms with van der Waals surface area (Å²) in [6.07, 6.45) is 1.94. The average molecular weight is 113 g/mol. The highest BCUT2D eigenvalue weighted by Gasteiger charge is 2.03. The van der Waals surface area contributed by atoms with Crippen LogP contribution in [0.3, 0.4) is 0 Å². The minimum absolute atomic E-state index is 0.0815. The minimum Gasteiger partial charge on any atom is -0.388 e. The Hall–Kier alpha value is -0.430. The Bertz CT molecular complexity index is 74.5. The third-order valence-corrected chi connectivity index (χ3v) is 0.772. The normalized spacial score (nSPS) is 9.50. The predicted molar refractivity (Wildman–Crippen MR) is 35.4 cm³/mol. The first-order valence-corrected chi connectivity index (χ1v) is 2.80. The van der Waals surface area contributed by atoms with Gasteiger partial charge in [0.05, 0.1) is 0 Å². The largest absolute Gasteiger partial charge is 0.388 e. The van der Waals surface area contributed by atoms with E-state index < -0.39 is 0 Å². The van der Waals surface area contributed by atoms with E-state index in [4.69, 9.17) is 5.11 Å². The van der Waals surface area contributed by atoms with E-state index in [0.717, 1.165) is 5.57 Å². The van der Waals surface area contributed by atoms with Gasteiger partial charge in [-0.1, -0.05) is 0 Å². The molecule has 46 valence electrons. The maximum Gasteiger partial charge on any atom is 0.125 e. The molecular formula is C7H13O+. The SMILES string of the molecule is C=C([CH+]C(C)C)CO. The van der Waals surface area contributed by atoms with Crippen molar-refractivity contribution in [3.05, 3.63) is 18.6 Å². The molecule has 0 aromatic rings. The second-order valence-electron chi connectivity index (χ2n) is 2.23. The Morgan fingerprint density at radius 3 is 2.38 bits per heavy atom. The van der Waals surface area contributed by atoms with Gasteiger partial charge < -0.3 is 5.11 Å². The number of aliphatic hydroxyl groups excluding tert-OH is 1. The molecule has 0 rings (SSSR count). The summed E-state index contributed by atoms with van der Waals surface area (Å²) >= 11 is 0. The van der Waals surface area contributed by atoms with E-state index in [2.05, 4.69) is 20.4 Å². The lowest BCUT2D eigenvalue weighted by atomic mass is 10.1. The van der Waals surface area contributed by atoms with Gasteiger partial charge in [-0.25, -0.2) is 0 Å². The van der Waals surface area contributed by atoms with Crippen molar-refractivity contribution in [3.8, 4) is 0 Å². The van der Waals surface area contributed by atoms with Crippen LogP contribution in [-0.2, 0) is 0 Å².